The molecule has 2 heterocycles. The standard InChI is InChI=1S/C23H28N2O2S/c1-15-10-11-16(2)22(17(15)3)27-14-18(26)13-25-12-6-8-20(25)23-24-19-7-4-5-9-21(19)28-23/h4-5,7,9-11,18,20,26H,6,8,12-14H2,1-3H3. The molecule has 0 spiro atoms. The summed E-state index contributed by atoms with van der Waals surface area (Å²) in [6, 6.07) is 12.8. The lowest BCUT2D eigenvalue weighted by Gasteiger charge is -2.26. The van der Waals surface area contributed by atoms with E-state index in [9.17, 15) is 5.11 Å². The van der Waals surface area contributed by atoms with Crippen LogP contribution in [0.25, 0.3) is 10.2 Å². The van der Waals surface area contributed by atoms with E-state index in [0.717, 1.165) is 46.8 Å². The van der Waals surface area contributed by atoms with Gasteiger partial charge in [-0.2, -0.15) is 0 Å². The van der Waals surface area contributed by atoms with Gasteiger partial charge in [-0.25, -0.2) is 4.98 Å². The minimum atomic E-state index is -0.519. The van der Waals surface area contributed by atoms with Crippen molar-refractivity contribution >= 4 is 21.6 Å². The van der Waals surface area contributed by atoms with Crippen LogP contribution >= 0.6 is 11.3 Å². The minimum Gasteiger partial charge on any atom is -0.490 e. The summed E-state index contributed by atoms with van der Waals surface area (Å²) in [5.41, 5.74) is 4.55. The summed E-state index contributed by atoms with van der Waals surface area (Å²) in [5.74, 6) is 0.906. The number of aliphatic hydroxyl groups is 1. The van der Waals surface area contributed by atoms with Gasteiger partial charge >= 0.3 is 0 Å². The molecule has 1 N–H and O–H groups in total. The maximum Gasteiger partial charge on any atom is 0.125 e. The van der Waals surface area contributed by atoms with Gasteiger partial charge in [0.15, 0.2) is 0 Å². The summed E-state index contributed by atoms with van der Waals surface area (Å²) in [4.78, 5) is 7.21. The molecule has 148 valence electrons. The highest BCUT2D eigenvalue weighted by atomic mass is 32.1. The number of hydrogen-bond donors (Lipinski definition) is 1. The SMILES string of the molecule is Cc1ccc(C)c(OCC(O)CN2CCCC2c2nc3ccccc3s2)c1C. The lowest BCUT2D eigenvalue weighted by molar-refractivity contribution is 0.0634. The number of para-hydroxylation sites is 1. The van der Waals surface area contributed by atoms with E-state index in [1.807, 2.05) is 6.07 Å². The average molecular weight is 397 g/mol. The van der Waals surface area contributed by atoms with Gasteiger partial charge < -0.3 is 9.84 Å². The fraction of sp³-hybridized carbons (Fsp3) is 0.435. The Labute approximate surface area is 170 Å². The molecule has 0 radical (unpaired) electrons. The Hall–Kier alpha value is -1.95. The first-order valence-electron chi connectivity index (χ1n) is 10.00. The monoisotopic (exact) mass is 396 g/mol. The molecule has 1 aromatic heterocycles. The third-order valence-electron chi connectivity index (χ3n) is 5.70. The molecule has 0 saturated carbocycles. The zero-order valence-electron chi connectivity index (χ0n) is 16.8. The molecule has 0 amide bonds. The van der Waals surface area contributed by atoms with Crippen molar-refractivity contribution in [2.24, 2.45) is 0 Å². The summed E-state index contributed by atoms with van der Waals surface area (Å²) in [6.07, 6.45) is 1.72. The Kier molecular flexibility index (Phi) is 5.67. The number of rotatable bonds is 6. The number of fused-ring (bicyclic) bond motifs is 1. The number of benzene rings is 2. The summed E-state index contributed by atoms with van der Waals surface area (Å²) in [6.45, 7) is 8.15. The number of β-amino-alcohol motifs (C(OH)–C–C–N with tert-alkyl or cyclic N) is 1. The fourth-order valence-corrected chi connectivity index (χ4v) is 5.14. The fourth-order valence-electron chi connectivity index (χ4n) is 4.01. The average Bonchev–Trinajstić information content (AvgIpc) is 3.31. The first-order chi connectivity index (χ1) is 13.5. The van der Waals surface area contributed by atoms with Crippen LogP contribution in [-0.2, 0) is 0 Å². The van der Waals surface area contributed by atoms with Crippen LogP contribution in [0.5, 0.6) is 5.75 Å². The van der Waals surface area contributed by atoms with Gasteiger partial charge in [-0.15, -0.1) is 11.3 Å². The Morgan fingerprint density at radius 2 is 1.96 bits per heavy atom. The predicted octanol–water partition coefficient (Wildman–Crippen LogP) is 4.80. The van der Waals surface area contributed by atoms with E-state index in [2.05, 4.69) is 56.0 Å². The Balaban J connectivity index is 1.41. The van der Waals surface area contributed by atoms with Gasteiger partial charge in [0, 0.05) is 6.54 Å². The molecule has 1 aliphatic heterocycles. The highest BCUT2D eigenvalue weighted by molar-refractivity contribution is 7.18. The van der Waals surface area contributed by atoms with Gasteiger partial charge in [-0.1, -0.05) is 24.3 Å². The molecule has 5 heteroatoms. The maximum atomic E-state index is 10.6. The summed E-state index contributed by atoms with van der Waals surface area (Å²) >= 11 is 1.78. The van der Waals surface area contributed by atoms with Gasteiger partial charge in [-0.3, -0.25) is 4.90 Å². The molecule has 28 heavy (non-hydrogen) atoms. The lowest BCUT2D eigenvalue weighted by atomic mass is 10.1. The molecular formula is C23H28N2O2S. The van der Waals surface area contributed by atoms with Crippen LogP contribution in [0.2, 0.25) is 0 Å². The first-order valence-corrected chi connectivity index (χ1v) is 10.8. The molecule has 2 atom stereocenters. The van der Waals surface area contributed by atoms with Crippen molar-refractivity contribution in [3.8, 4) is 5.75 Å². The second-order valence-corrected chi connectivity index (χ2v) is 8.85. The molecule has 1 aliphatic rings. The van der Waals surface area contributed by atoms with Crippen LogP contribution in [0.1, 0.15) is 40.6 Å². The number of nitrogens with zero attached hydrogens (tertiary/aromatic N) is 2. The molecule has 4 rings (SSSR count). The number of likely N-dealkylation sites (tertiary alicyclic amines) is 1. The van der Waals surface area contributed by atoms with Crippen LogP contribution in [-0.4, -0.2) is 40.8 Å². The quantitative estimate of drug-likeness (QED) is 0.650. The van der Waals surface area contributed by atoms with Gasteiger partial charge in [0.1, 0.15) is 23.5 Å². The highest BCUT2D eigenvalue weighted by Crippen LogP contribution is 2.36. The largest absolute Gasteiger partial charge is 0.490 e. The normalized spacial score (nSPS) is 18.6. The van der Waals surface area contributed by atoms with E-state index in [0.29, 0.717) is 19.2 Å². The van der Waals surface area contributed by atoms with Crippen molar-refractivity contribution in [3.05, 3.63) is 58.1 Å². The van der Waals surface area contributed by atoms with Crippen molar-refractivity contribution in [2.75, 3.05) is 19.7 Å². The number of thiazole rings is 1. The molecule has 4 nitrogen and oxygen atoms in total. The predicted molar refractivity (Wildman–Crippen MR) is 115 cm³/mol. The van der Waals surface area contributed by atoms with Crippen LogP contribution in [0, 0.1) is 20.8 Å². The van der Waals surface area contributed by atoms with Gasteiger partial charge in [0.05, 0.1) is 16.3 Å². The Bertz CT molecular complexity index is 935. The van der Waals surface area contributed by atoms with Gasteiger partial charge in [-0.05, 0) is 69.0 Å². The van der Waals surface area contributed by atoms with Gasteiger partial charge in [0.2, 0.25) is 0 Å². The molecule has 0 bridgehead atoms. The highest BCUT2D eigenvalue weighted by Gasteiger charge is 2.30. The second kappa shape index (κ2) is 8.19. The molecule has 1 fully saturated rings. The number of hydrogen-bond acceptors (Lipinski definition) is 5. The van der Waals surface area contributed by atoms with Crippen molar-refractivity contribution in [2.45, 2.75) is 45.8 Å². The minimum absolute atomic E-state index is 0.300. The number of ether oxygens (including phenoxy) is 1. The van der Waals surface area contributed by atoms with E-state index >= 15 is 0 Å². The van der Waals surface area contributed by atoms with E-state index in [1.165, 1.54) is 10.3 Å². The van der Waals surface area contributed by atoms with Crippen LogP contribution in [0.3, 0.4) is 0 Å². The van der Waals surface area contributed by atoms with Crippen molar-refractivity contribution < 1.29 is 9.84 Å². The van der Waals surface area contributed by atoms with Gasteiger partial charge in [0.25, 0.3) is 0 Å². The zero-order chi connectivity index (χ0) is 19.7. The number of aryl methyl sites for hydroxylation is 2. The number of aromatic nitrogens is 1. The molecule has 2 unspecified atom stereocenters. The van der Waals surface area contributed by atoms with Crippen LogP contribution in [0.15, 0.2) is 36.4 Å². The second-order valence-electron chi connectivity index (χ2n) is 7.79. The van der Waals surface area contributed by atoms with Crippen molar-refractivity contribution in [3.63, 3.8) is 0 Å². The first kappa shape index (κ1) is 19.4. The molecule has 3 aromatic rings. The third kappa shape index (κ3) is 3.93. The van der Waals surface area contributed by atoms with E-state index in [-0.39, 0.29) is 0 Å². The van der Waals surface area contributed by atoms with E-state index < -0.39 is 6.10 Å². The summed E-state index contributed by atoms with van der Waals surface area (Å²) in [5, 5.41) is 11.8. The Morgan fingerprint density at radius 3 is 2.79 bits per heavy atom. The Morgan fingerprint density at radius 1 is 1.18 bits per heavy atom. The molecular weight excluding hydrogens is 368 g/mol. The lowest BCUT2D eigenvalue weighted by Crippen LogP contribution is -2.35. The number of aliphatic hydroxyl groups excluding tert-OH is 1. The summed E-state index contributed by atoms with van der Waals surface area (Å²) in [7, 11) is 0. The topological polar surface area (TPSA) is 45.6 Å². The van der Waals surface area contributed by atoms with E-state index in [1.54, 1.807) is 11.3 Å². The smallest absolute Gasteiger partial charge is 0.125 e. The van der Waals surface area contributed by atoms with Crippen LogP contribution in [0.4, 0.5) is 0 Å². The molecule has 2 aromatic carbocycles. The molecule has 0 aliphatic carbocycles. The maximum absolute atomic E-state index is 10.6. The van der Waals surface area contributed by atoms with Crippen molar-refractivity contribution in [1.82, 2.24) is 9.88 Å². The van der Waals surface area contributed by atoms with Crippen LogP contribution < -0.4 is 4.74 Å². The van der Waals surface area contributed by atoms with Crippen molar-refractivity contribution in [1.29, 1.82) is 0 Å². The zero-order valence-corrected chi connectivity index (χ0v) is 17.6. The summed E-state index contributed by atoms with van der Waals surface area (Å²) < 4.78 is 7.25. The van der Waals surface area contributed by atoms with E-state index in [4.69, 9.17) is 9.72 Å². The molecule has 1 saturated heterocycles. The third-order valence-corrected chi connectivity index (χ3v) is 6.84.